The molecule has 0 N–H and O–H groups in total. The second-order valence-electron chi connectivity index (χ2n) is 9.79. The van der Waals surface area contributed by atoms with E-state index in [0.29, 0.717) is 16.7 Å². The molecule has 0 spiro atoms. The minimum atomic E-state index is -0.534. The number of carbonyl (C=O) groups is 1. The van der Waals surface area contributed by atoms with Crippen LogP contribution in [0.15, 0.2) is 106 Å². The fourth-order valence-electron chi connectivity index (χ4n) is 4.08. The first-order valence-electron chi connectivity index (χ1n) is 12.0. The van der Waals surface area contributed by atoms with Crippen LogP contribution in [-0.2, 0) is 10.2 Å². The van der Waals surface area contributed by atoms with Gasteiger partial charge in [0.05, 0.1) is 5.39 Å². The summed E-state index contributed by atoms with van der Waals surface area (Å²) >= 11 is 0. The second-order valence-corrected chi connectivity index (χ2v) is 9.79. The molecule has 0 fully saturated rings. The van der Waals surface area contributed by atoms with E-state index in [2.05, 4.69) is 20.8 Å². The topological polar surface area (TPSA) is 65.7 Å². The lowest BCUT2D eigenvalue weighted by molar-refractivity contribution is -0.128. The van der Waals surface area contributed by atoms with Crippen LogP contribution in [0.4, 0.5) is 0 Å². The van der Waals surface area contributed by atoms with Crippen molar-refractivity contribution in [2.45, 2.75) is 26.2 Å². The third-order valence-corrected chi connectivity index (χ3v) is 6.10. The molecule has 0 aliphatic heterocycles. The molecule has 0 saturated carbocycles. The minimum absolute atomic E-state index is 0.0212. The molecule has 37 heavy (non-hydrogen) atoms. The van der Waals surface area contributed by atoms with Crippen LogP contribution in [0.5, 0.6) is 17.2 Å². The molecule has 0 bridgehead atoms. The highest BCUT2D eigenvalue weighted by Gasteiger charge is 2.15. The molecule has 0 atom stereocenters. The van der Waals surface area contributed by atoms with Gasteiger partial charge >= 0.3 is 5.97 Å². The quantitative estimate of drug-likeness (QED) is 0.144. The Balaban J connectivity index is 1.31. The fourth-order valence-corrected chi connectivity index (χ4v) is 4.08. The highest BCUT2D eigenvalue weighted by Crippen LogP contribution is 2.28. The van der Waals surface area contributed by atoms with Gasteiger partial charge in [-0.3, -0.25) is 4.79 Å². The Bertz CT molecular complexity index is 1680. The van der Waals surface area contributed by atoms with Gasteiger partial charge in [0.2, 0.25) is 11.2 Å². The molecule has 4 aromatic carbocycles. The molecule has 5 aromatic rings. The van der Waals surface area contributed by atoms with E-state index in [-0.39, 0.29) is 22.3 Å². The van der Waals surface area contributed by atoms with E-state index in [9.17, 15) is 9.59 Å². The summed E-state index contributed by atoms with van der Waals surface area (Å²) in [6.45, 7) is 6.40. The van der Waals surface area contributed by atoms with Crippen molar-refractivity contribution in [2.75, 3.05) is 0 Å². The van der Waals surface area contributed by atoms with Crippen molar-refractivity contribution in [1.82, 2.24) is 0 Å². The maximum Gasteiger partial charge on any atom is 0.336 e. The molecule has 5 heteroatoms. The van der Waals surface area contributed by atoms with Gasteiger partial charge in [0.15, 0.2) is 0 Å². The molecule has 0 amide bonds. The maximum atomic E-state index is 13.0. The SMILES string of the molecule is CC(C)(C)c1ccc(Oc2coc3cc(OC(=O)C=Cc4cccc5ccccc45)ccc3c2=O)cc1. The number of carbonyl (C=O) groups excluding carboxylic acids is 1. The predicted octanol–water partition coefficient (Wildman–Crippen LogP) is 7.65. The lowest BCUT2D eigenvalue weighted by Gasteiger charge is -2.19. The molecule has 0 saturated heterocycles. The van der Waals surface area contributed by atoms with Gasteiger partial charge in [-0.2, -0.15) is 0 Å². The summed E-state index contributed by atoms with van der Waals surface area (Å²) in [5.41, 5.74) is 2.09. The second kappa shape index (κ2) is 9.78. The predicted molar refractivity (Wildman–Crippen MR) is 146 cm³/mol. The fraction of sp³-hybridized carbons (Fsp3) is 0.125. The number of rotatable bonds is 5. The lowest BCUT2D eigenvalue weighted by Crippen LogP contribution is -2.10. The number of esters is 1. The highest BCUT2D eigenvalue weighted by molar-refractivity contribution is 5.95. The normalized spacial score (nSPS) is 11.8. The average molecular weight is 491 g/mol. The Morgan fingerprint density at radius 2 is 1.57 bits per heavy atom. The zero-order valence-electron chi connectivity index (χ0n) is 20.9. The first kappa shape index (κ1) is 24.1. The van der Waals surface area contributed by atoms with Crippen LogP contribution < -0.4 is 14.9 Å². The van der Waals surface area contributed by atoms with Gasteiger partial charge in [0.1, 0.15) is 23.3 Å². The van der Waals surface area contributed by atoms with Crippen LogP contribution in [-0.4, -0.2) is 5.97 Å². The Morgan fingerprint density at radius 3 is 2.35 bits per heavy atom. The summed E-state index contributed by atoms with van der Waals surface area (Å²) in [7, 11) is 0. The summed E-state index contributed by atoms with van der Waals surface area (Å²) < 4.78 is 16.9. The molecule has 0 aliphatic carbocycles. The first-order chi connectivity index (χ1) is 17.8. The zero-order valence-corrected chi connectivity index (χ0v) is 20.9. The summed E-state index contributed by atoms with van der Waals surface area (Å²) in [5, 5.41) is 2.47. The molecule has 5 nitrogen and oxygen atoms in total. The molecular formula is C32H26O5. The maximum absolute atomic E-state index is 13.0. The smallest absolute Gasteiger partial charge is 0.336 e. The Kier molecular flexibility index (Phi) is 6.36. The van der Waals surface area contributed by atoms with E-state index in [1.54, 1.807) is 18.2 Å². The van der Waals surface area contributed by atoms with Crippen molar-refractivity contribution in [3.05, 3.63) is 119 Å². The van der Waals surface area contributed by atoms with Gasteiger partial charge in [-0.1, -0.05) is 75.4 Å². The van der Waals surface area contributed by atoms with Crippen LogP contribution in [0.25, 0.3) is 27.8 Å². The first-order valence-corrected chi connectivity index (χ1v) is 12.0. The van der Waals surface area contributed by atoms with Crippen LogP contribution in [0.3, 0.4) is 0 Å². The van der Waals surface area contributed by atoms with Crippen LogP contribution in [0, 0.1) is 0 Å². The molecule has 0 aliphatic rings. The van der Waals surface area contributed by atoms with Gasteiger partial charge in [0.25, 0.3) is 0 Å². The Morgan fingerprint density at radius 1 is 0.838 bits per heavy atom. The number of ether oxygens (including phenoxy) is 2. The Labute approximate surface area is 214 Å². The number of fused-ring (bicyclic) bond motifs is 2. The van der Waals surface area contributed by atoms with E-state index in [4.69, 9.17) is 13.9 Å². The summed E-state index contributed by atoms with van der Waals surface area (Å²) in [5.74, 6) is 0.366. The summed E-state index contributed by atoms with van der Waals surface area (Å²) in [6, 6.07) is 26.1. The van der Waals surface area contributed by atoms with Gasteiger partial charge in [-0.05, 0) is 57.7 Å². The standard InChI is InChI=1S/C32H26O5/c1-32(2,3)23-12-14-24(15-13-23)36-29-20-35-28-19-25(16-17-27(28)31(29)34)37-30(33)18-11-22-9-6-8-21-7-4-5-10-26(21)22/h4-20H,1-3H3. The summed E-state index contributed by atoms with van der Waals surface area (Å²) in [4.78, 5) is 25.4. The number of benzene rings is 4. The molecular weight excluding hydrogens is 464 g/mol. The summed E-state index contributed by atoms with van der Waals surface area (Å²) in [6.07, 6.45) is 4.38. The van der Waals surface area contributed by atoms with E-state index < -0.39 is 5.97 Å². The van der Waals surface area contributed by atoms with Crippen LogP contribution in [0.1, 0.15) is 31.9 Å². The molecule has 1 aromatic heterocycles. The lowest BCUT2D eigenvalue weighted by atomic mass is 9.87. The largest absolute Gasteiger partial charge is 0.460 e. The van der Waals surface area contributed by atoms with E-state index in [0.717, 1.165) is 16.3 Å². The van der Waals surface area contributed by atoms with E-state index in [1.165, 1.54) is 24.0 Å². The molecule has 0 unspecified atom stereocenters. The third-order valence-electron chi connectivity index (χ3n) is 6.10. The zero-order chi connectivity index (χ0) is 26.0. The van der Waals surface area contributed by atoms with E-state index in [1.807, 2.05) is 66.7 Å². The number of hydrogen-bond acceptors (Lipinski definition) is 5. The Hall–Kier alpha value is -4.64. The van der Waals surface area contributed by atoms with Crippen molar-refractivity contribution in [2.24, 2.45) is 0 Å². The number of hydrogen-bond donors (Lipinski definition) is 0. The highest BCUT2D eigenvalue weighted by atomic mass is 16.5. The van der Waals surface area contributed by atoms with Gasteiger partial charge < -0.3 is 13.9 Å². The molecule has 5 rings (SSSR count). The monoisotopic (exact) mass is 490 g/mol. The van der Waals surface area contributed by atoms with Crippen molar-refractivity contribution < 1.29 is 18.7 Å². The average Bonchev–Trinajstić information content (AvgIpc) is 2.89. The van der Waals surface area contributed by atoms with E-state index >= 15 is 0 Å². The van der Waals surface area contributed by atoms with Crippen molar-refractivity contribution >= 4 is 33.8 Å². The van der Waals surface area contributed by atoms with Crippen molar-refractivity contribution in [1.29, 1.82) is 0 Å². The van der Waals surface area contributed by atoms with Crippen LogP contribution in [0.2, 0.25) is 0 Å². The van der Waals surface area contributed by atoms with Crippen molar-refractivity contribution in [3.8, 4) is 17.2 Å². The third kappa shape index (κ3) is 5.31. The van der Waals surface area contributed by atoms with Gasteiger partial charge in [-0.25, -0.2) is 4.79 Å². The molecule has 0 radical (unpaired) electrons. The molecule has 1 heterocycles. The van der Waals surface area contributed by atoms with Gasteiger partial charge in [-0.15, -0.1) is 0 Å². The van der Waals surface area contributed by atoms with Crippen molar-refractivity contribution in [3.63, 3.8) is 0 Å². The van der Waals surface area contributed by atoms with Crippen LogP contribution >= 0.6 is 0 Å². The minimum Gasteiger partial charge on any atom is -0.460 e. The van der Waals surface area contributed by atoms with Gasteiger partial charge in [0, 0.05) is 12.1 Å². The molecule has 184 valence electrons.